The standard InChI is InChI=1S/C19H22N2O3/c1-19(2)11-13-9-16(23-3)17(24-4)10-14(13)12-21(19)18(22)15-7-5-6-8-20-15/h5-10H,11-12H2,1-4H3. The third kappa shape index (κ3) is 2.82. The second-order valence-corrected chi connectivity index (χ2v) is 6.57. The van der Waals surface area contributed by atoms with Crippen LogP contribution in [0.2, 0.25) is 0 Å². The third-order valence-corrected chi connectivity index (χ3v) is 4.52. The summed E-state index contributed by atoms with van der Waals surface area (Å²) in [6, 6.07) is 9.37. The van der Waals surface area contributed by atoms with E-state index in [0.29, 0.717) is 18.0 Å². The molecule has 0 atom stereocenters. The minimum atomic E-state index is -0.304. The van der Waals surface area contributed by atoms with Crippen molar-refractivity contribution in [2.75, 3.05) is 14.2 Å². The molecule has 0 fully saturated rings. The van der Waals surface area contributed by atoms with Gasteiger partial charge in [0.15, 0.2) is 11.5 Å². The smallest absolute Gasteiger partial charge is 0.273 e. The van der Waals surface area contributed by atoms with Crippen LogP contribution in [0, 0.1) is 0 Å². The van der Waals surface area contributed by atoms with Gasteiger partial charge in [-0.15, -0.1) is 0 Å². The van der Waals surface area contributed by atoms with Crippen molar-refractivity contribution in [1.82, 2.24) is 9.88 Å². The van der Waals surface area contributed by atoms with E-state index in [1.54, 1.807) is 26.5 Å². The number of nitrogens with zero attached hydrogens (tertiary/aromatic N) is 2. The van der Waals surface area contributed by atoms with Crippen LogP contribution in [0.15, 0.2) is 36.5 Å². The van der Waals surface area contributed by atoms with E-state index < -0.39 is 0 Å². The van der Waals surface area contributed by atoms with Crippen molar-refractivity contribution in [2.45, 2.75) is 32.4 Å². The number of pyridine rings is 1. The van der Waals surface area contributed by atoms with Gasteiger partial charge in [0.05, 0.1) is 14.2 Å². The molecule has 2 aromatic rings. The Bertz CT molecular complexity index is 757. The highest BCUT2D eigenvalue weighted by Gasteiger charge is 2.37. The average molecular weight is 326 g/mol. The van der Waals surface area contributed by atoms with Gasteiger partial charge >= 0.3 is 0 Å². The fraction of sp³-hybridized carbons (Fsp3) is 0.368. The quantitative estimate of drug-likeness (QED) is 0.870. The van der Waals surface area contributed by atoms with Crippen molar-refractivity contribution in [2.24, 2.45) is 0 Å². The van der Waals surface area contributed by atoms with Gasteiger partial charge < -0.3 is 14.4 Å². The zero-order valence-electron chi connectivity index (χ0n) is 14.5. The molecule has 0 unspecified atom stereocenters. The third-order valence-electron chi connectivity index (χ3n) is 4.52. The van der Waals surface area contributed by atoms with Crippen LogP contribution in [0.4, 0.5) is 0 Å². The maximum absolute atomic E-state index is 12.9. The largest absolute Gasteiger partial charge is 0.493 e. The Kier molecular flexibility index (Phi) is 4.18. The Morgan fingerprint density at radius 2 is 1.79 bits per heavy atom. The number of amides is 1. The molecule has 1 amide bonds. The molecule has 5 heteroatoms. The molecular weight excluding hydrogens is 304 g/mol. The second-order valence-electron chi connectivity index (χ2n) is 6.57. The summed E-state index contributed by atoms with van der Waals surface area (Å²) in [7, 11) is 3.25. The highest BCUT2D eigenvalue weighted by molar-refractivity contribution is 5.93. The van der Waals surface area contributed by atoms with Crippen LogP contribution >= 0.6 is 0 Å². The Balaban J connectivity index is 1.99. The van der Waals surface area contributed by atoms with Crippen LogP contribution in [-0.4, -0.2) is 35.5 Å². The van der Waals surface area contributed by atoms with Crippen LogP contribution in [0.25, 0.3) is 0 Å². The topological polar surface area (TPSA) is 51.7 Å². The number of benzene rings is 1. The fourth-order valence-corrected chi connectivity index (χ4v) is 3.20. The molecule has 126 valence electrons. The molecule has 1 aliphatic heterocycles. The van der Waals surface area contributed by atoms with Gasteiger partial charge in [0.25, 0.3) is 5.91 Å². The monoisotopic (exact) mass is 326 g/mol. The predicted molar refractivity (Wildman–Crippen MR) is 91.4 cm³/mol. The van der Waals surface area contributed by atoms with E-state index in [4.69, 9.17) is 9.47 Å². The molecular formula is C19H22N2O3. The number of aromatic nitrogens is 1. The van der Waals surface area contributed by atoms with E-state index in [1.165, 1.54) is 5.56 Å². The SMILES string of the molecule is COc1cc2c(cc1OC)CC(C)(C)N(C(=O)c1ccccn1)C2. The number of carbonyl (C=O) groups is 1. The highest BCUT2D eigenvalue weighted by Crippen LogP contribution is 2.38. The van der Waals surface area contributed by atoms with Crippen LogP contribution in [0.1, 0.15) is 35.5 Å². The summed E-state index contributed by atoms with van der Waals surface area (Å²) < 4.78 is 10.8. The van der Waals surface area contributed by atoms with Gasteiger partial charge in [-0.25, -0.2) is 0 Å². The Morgan fingerprint density at radius 3 is 2.38 bits per heavy atom. The lowest BCUT2D eigenvalue weighted by Gasteiger charge is -2.43. The molecule has 0 saturated heterocycles. The molecule has 0 aliphatic carbocycles. The van der Waals surface area contributed by atoms with E-state index in [2.05, 4.69) is 18.8 Å². The summed E-state index contributed by atoms with van der Waals surface area (Å²) >= 11 is 0. The van der Waals surface area contributed by atoms with E-state index in [-0.39, 0.29) is 11.4 Å². The van der Waals surface area contributed by atoms with Crippen LogP contribution in [0.5, 0.6) is 11.5 Å². The van der Waals surface area contributed by atoms with Gasteiger partial charge in [0.1, 0.15) is 5.69 Å². The predicted octanol–water partition coefficient (Wildman–Crippen LogP) is 3.08. The van der Waals surface area contributed by atoms with Crippen molar-refractivity contribution in [1.29, 1.82) is 0 Å². The summed E-state index contributed by atoms with van der Waals surface area (Å²) in [5.74, 6) is 1.35. The first kappa shape index (κ1) is 16.3. The maximum Gasteiger partial charge on any atom is 0.273 e. The Morgan fingerprint density at radius 1 is 1.12 bits per heavy atom. The van der Waals surface area contributed by atoms with Crippen molar-refractivity contribution in [3.8, 4) is 11.5 Å². The van der Waals surface area contributed by atoms with E-state index in [1.807, 2.05) is 29.2 Å². The Labute approximate surface area is 142 Å². The fourth-order valence-electron chi connectivity index (χ4n) is 3.20. The summed E-state index contributed by atoms with van der Waals surface area (Å²) in [6.07, 6.45) is 2.40. The normalized spacial score (nSPS) is 15.6. The van der Waals surface area contributed by atoms with Crippen molar-refractivity contribution < 1.29 is 14.3 Å². The van der Waals surface area contributed by atoms with Crippen LogP contribution < -0.4 is 9.47 Å². The van der Waals surface area contributed by atoms with Gasteiger partial charge in [-0.3, -0.25) is 9.78 Å². The van der Waals surface area contributed by atoms with Gasteiger partial charge in [-0.2, -0.15) is 0 Å². The van der Waals surface area contributed by atoms with Gasteiger partial charge in [0, 0.05) is 18.3 Å². The van der Waals surface area contributed by atoms with E-state index in [9.17, 15) is 4.79 Å². The lowest BCUT2D eigenvalue weighted by atomic mass is 9.85. The number of carbonyl (C=O) groups excluding carboxylic acids is 1. The van der Waals surface area contributed by atoms with E-state index in [0.717, 1.165) is 17.7 Å². The number of ether oxygens (including phenoxy) is 2. The molecule has 5 nitrogen and oxygen atoms in total. The zero-order chi connectivity index (χ0) is 17.3. The van der Waals surface area contributed by atoms with Crippen LogP contribution in [-0.2, 0) is 13.0 Å². The summed E-state index contributed by atoms with van der Waals surface area (Å²) in [6.45, 7) is 4.68. The van der Waals surface area contributed by atoms with Crippen molar-refractivity contribution >= 4 is 5.91 Å². The molecule has 0 radical (unpaired) electrons. The molecule has 2 heterocycles. The molecule has 0 spiro atoms. The molecule has 24 heavy (non-hydrogen) atoms. The van der Waals surface area contributed by atoms with Crippen molar-refractivity contribution in [3.05, 3.63) is 53.3 Å². The molecule has 0 saturated carbocycles. The minimum absolute atomic E-state index is 0.0546. The summed E-state index contributed by atoms with van der Waals surface area (Å²) in [5, 5.41) is 0. The van der Waals surface area contributed by atoms with Gasteiger partial charge in [0.2, 0.25) is 0 Å². The van der Waals surface area contributed by atoms with Crippen LogP contribution in [0.3, 0.4) is 0 Å². The minimum Gasteiger partial charge on any atom is -0.493 e. The van der Waals surface area contributed by atoms with E-state index >= 15 is 0 Å². The molecule has 3 rings (SSSR count). The summed E-state index contributed by atoms with van der Waals surface area (Å²) in [4.78, 5) is 19.0. The first-order valence-corrected chi connectivity index (χ1v) is 7.93. The van der Waals surface area contributed by atoms with Crippen molar-refractivity contribution in [3.63, 3.8) is 0 Å². The molecule has 0 N–H and O–H groups in total. The first-order chi connectivity index (χ1) is 11.5. The number of fused-ring (bicyclic) bond motifs is 1. The first-order valence-electron chi connectivity index (χ1n) is 7.93. The molecule has 0 bridgehead atoms. The van der Waals surface area contributed by atoms with Gasteiger partial charge in [-0.1, -0.05) is 6.07 Å². The lowest BCUT2D eigenvalue weighted by molar-refractivity contribution is 0.0482. The highest BCUT2D eigenvalue weighted by atomic mass is 16.5. The second kappa shape index (κ2) is 6.15. The lowest BCUT2D eigenvalue weighted by Crippen LogP contribution is -2.51. The average Bonchev–Trinajstić information content (AvgIpc) is 2.59. The summed E-state index contributed by atoms with van der Waals surface area (Å²) in [5.41, 5.74) is 2.43. The molecule has 1 aromatic carbocycles. The Hall–Kier alpha value is -2.56. The number of hydrogen-bond acceptors (Lipinski definition) is 4. The zero-order valence-corrected chi connectivity index (χ0v) is 14.5. The molecule has 1 aliphatic rings. The number of rotatable bonds is 3. The van der Waals surface area contributed by atoms with Gasteiger partial charge in [-0.05, 0) is 55.7 Å². The maximum atomic E-state index is 12.9. The molecule has 1 aromatic heterocycles. The number of methoxy groups -OCH3 is 2. The number of hydrogen-bond donors (Lipinski definition) is 0.